The fourth-order valence-electron chi connectivity index (χ4n) is 3.08. The van der Waals surface area contributed by atoms with Gasteiger partial charge >= 0.3 is 0 Å². The van der Waals surface area contributed by atoms with Crippen LogP contribution < -0.4 is 17.2 Å². The molecule has 1 unspecified atom stereocenters. The first-order chi connectivity index (χ1) is 12.3. The second-order valence-electron chi connectivity index (χ2n) is 6.09. The first-order valence-corrected chi connectivity index (χ1v) is 8.31. The van der Waals surface area contributed by atoms with Crippen molar-refractivity contribution >= 4 is 23.3 Å². The van der Waals surface area contributed by atoms with Gasteiger partial charge in [0, 0.05) is 11.6 Å². The molecule has 0 radical (unpaired) electrons. The van der Waals surface area contributed by atoms with Gasteiger partial charge in [0.15, 0.2) is 6.23 Å². The number of aliphatic hydroxyl groups excluding tert-OH is 2. The number of aromatic nitrogens is 2. The molecule has 8 N–H and O–H groups in total. The summed E-state index contributed by atoms with van der Waals surface area (Å²) in [6, 6.07) is 6.58. The summed E-state index contributed by atoms with van der Waals surface area (Å²) in [4.78, 5) is 16.2. The minimum atomic E-state index is -1.24. The number of nitrogen functional groups attached to an aromatic ring is 1. The zero-order valence-electron chi connectivity index (χ0n) is 13.7. The molecule has 1 aromatic heterocycles. The number of amides is 1. The number of nitrogens with two attached hydrogens (primary N) is 3. The van der Waals surface area contributed by atoms with Gasteiger partial charge < -0.3 is 32.2 Å². The van der Waals surface area contributed by atoms with Crippen LogP contribution in [0.25, 0.3) is 0 Å². The van der Waals surface area contributed by atoms with E-state index in [2.05, 4.69) is 4.98 Å². The van der Waals surface area contributed by atoms with Crippen LogP contribution >= 0.6 is 11.6 Å². The van der Waals surface area contributed by atoms with Gasteiger partial charge in [0.2, 0.25) is 5.91 Å². The van der Waals surface area contributed by atoms with Crippen LogP contribution in [-0.4, -0.2) is 50.5 Å². The Morgan fingerprint density at radius 1 is 1.31 bits per heavy atom. The number of ether oxygens (including phenoxy) is 1. The number of primary amides is 1. The van der Waals surface area contributed by atoms with Crippen LogP contribution in [0.2, 0.25) is 5.02 Å². The molecule has 1 fully saturated rings. The van der Waals surface area contributed by atoms with Crippen LogP contribution in [-0.2, 0) is 9.53 Å². The summed E-state index contributed by atoms with van der Waals surface area (Å²) in [5.41, 5.74) is 18.0. The Morgan fingerprint density at radius 2 is 1.96 bits per heavy atom. The molecule has 9 nitrogen and oxygen atoms in total. The highest BCUT2D eigenvalue weighted by molar-refractivity contribution is 6.30. The third kappa shape index (κ3) is 3.15. The number of hydrogen-bond donors (Lipinski definition) is 5. The van der Waals surface area contributed by atoms with Crippen molar-refractivity contribution in [3.63, 3.8) is 0 Å². The first-order valence-electron chi connectivity index (χ1n) is 7.93. The van der Waals surface area contributed by atoms with Gasteiger partial charge in [-0.2, -0.15) is 0 Å². The molecule has 26 heavy (non-hydrogen) atoms. The van der Waals surface area contributed by atoms with Crippen molar-refractivity contribution in [1.29, 1.82) is 0 Å². The molecular formula is C16H20ClN5O4. The normalized spacial score (nSPS) is 26.8. The van der Waals surface area contributed by atoms with Crippen molar-refractivity contribution in [2.45, 2.75) is 30.5 Å². The summed E-state index contributed by atoms with van der Waals surface area (Å²) in [6.45, 7) is 0.0326. The maximum absolute atomic E-state index is 12.0. The van der Waals surface area contributed by atoms with Gasteiger partial charge in [-0.1, -0.05) is 23.7 Å². The van der Waals surface area contributed by atoms with Crippen molar-refractivity contribution in [2.24, 2.45) is 11.5 Å². The van der Waals surface area contributed by atoms with E-state index in [1.165, 1.54) is 10.9 Å². The number of imidazole rings is 1. The standard InChI is InChI=1S/C16H20ClN5O4/c17-8-3-1-7(2-4-8)10(15(20)25)11-14(19)22(6-21-11)16-13(24)12(23)9(5-18)26-16/h1-4,6,9-10,12-13,16,23-24H,5,18-19H2,(H2,20,25)/t9-,10?,12-,13-,16-/m1/s1. The van der Waals surface area contributed by atoms with Crippen molar-refractivity contribution < 1.29 is 19.7 Å². The van der Waals surface area contributed by atoms with Crippen molar-refractivity contribution in [2.75, 3.05) is 12.3 Å². The number of hydrogen-bond acceptors (Lipinski definition) is 7. The Balaban J connectivity index is 1.97. The Morgan fingerprint density at radius 3 is 2.50 bits per heavy atom. The highest BCUT2D eigenvalue weighted by Crippen LogP contribution is 2.35. The Bertz CT molecular complexity index is 796. The van der Waals surface area contributed by atoms with Gasteiger partial charge in [0.05, 0.1) is 12.0 Å². The second-order valence-corrected chi connectivity index (χ2v) is 6.53. The lowest BCUT2D eigenvalue weighted by Crippen LogP contribution is -2.35. The van der Waals surface area contributed by atoms with Gasteiger partial charge in [-0.15, -0.1) is 0 Å². The molecule has 2 aromatic rings. The molecule has 0 spiro atoms. The fourth-order valence-corrected chi connectivity index (χ4v) is 3.20. The van der Waals surface area contributed by atoms with E-state index in [0.29, 0.717) is 10.6 Å². The predicted molar refractivity (Wildman–Crippen MR) is 94.1 cm³/mol. The molecular weight excluding hydrogens is 362 g/mol. The van der Waals surface area contributed by atoms with Gasteiger partial charge in [-0.3, -0.25) is 9.36 Å². The molecule has 0 saturated carbocycles. The number of carbonyl (C=O) groups is 1. The van der Waals surface area contributed by atoms with Crippen LogP contribution in [0.5, 0.6) is 0 Å². The quantitative estimate of drug-likeness (QED) is 0.457. The predicted octanol–water partition coefficient (Wildman–Crippen LogP) is -0.686. The molecule has 2 heterocycles. The number of anilines is 1. The van der Waals surface area contributed by atoms with Crippen LogP contribution in [0.4, 0.5) is 5.82 Å². The minimum Gasteiger partial charge on any atom is -0.387 e. The van der Waals surface area contributed by atoms with E-state index in [0.717, 1.165) is 0 Å². The third-order valence-electron chi connectivity index (χ3n) is 4.47. The summed E-state index contributed by atoms with van der Waals surface area (Å²) in [5.74, 6) is -1.45. The van der Waals surface area contributed by atoms with E-state index in [-0.39, 0.29) is 18.1 Å². The number of benzene rings is 1. The SMILES string of the molecule is NC[C@H]1O[C@@H](n2cnc(C(C(N)=O)c3ccc(Cl)cc3)c2N)[C@H](O)[C@@H]1O. The molecule has 5 atom stereocenters. The number of halogens is 1. The van der Waals surface area contributed by atoms with Gasteiger partial charge in [0.25, 0.3) is 0 Å². The van der Waals surface area contributed by atoms with Crippen molar-refractivity contribution in [3.8, 4) is 0 Å². The lowest BCUT2D eigenvalue weighted by atomic mass is 9.95. The molecule has 1 amide bonds. The van der Waals surface area contributed by atoms with Crippen LogP contribution in [0.3, 0.4) is 0 Å². The Hall–Kier alpha value is -2.17. The highest BCUT2D eigenvalue weighted by Gasteiger charge is 2.44. The van der Waals surface area contributed by atoms with Crippen molar-refractivity contribution in [1.82, 2.24) is 9.55 Å². The van der Waals surface area contributed by atoms with Crippen molar-refractivity contribution in [3.05, 3.63) is 46.9 Å². The molecule has 1 aliphatic rings. The van der Waals surface area contributed by atoms with E-state index < -0.39 is 36.4 Å². The Kier molecular flexibility index (Phi) is 5.17. The third-order valence-corrected chi connectivity index (χ3v) is 4.72. The van der Waals surface area contributed by atoms with Crippen LogP contribution in [0.15, 0.2) is 30.6 Å². The molecule has 1 aliphatic heterocycles. The maximum atomic E-state index is 12.0. The lowest BCUT2D eigenvalue weighted by molar-refractivity contribution is -0.118. The maximum Gasteiger partial charge on any atom is 0.231 e. The summed E-state index contributed by atoms with van der Waals surface area (Å²) in [5, 5.41) is 20.7. The average molecular weight is 382 g/mol. The lowest BCUT2D eigenvalue weighted by Gasteiger charge is -2.19. The molecule has 0 aliphatic carbocycles. The zero-order chi connectivity index (χ0) is 19.0. The van der Waals surface area contributed by atoms with E-state index in [1.807, 2.05) is 0 Å². The smallest absolute Gasteiger partial charge is 0.231 e. The molecule has 1 saturated heterocycles. The molecule has 3 rings (SSSR count). The molecule has 10 heteroatoms. The molecule has 1 aromatic carbocycles. The monoisotopic (exact) mass is 381 g/mol. The van der Waals surface area contributed by atoms with E-state index >= 15 is 0 Å². The number of carbonyl (C=O) groups excluding carboxylic acids is 1. The summed E-state index contributed by atoms with van der Waals surface area (Å²) < 4.78 is 6.91. The van der Waals surface area contributed by atoms with E-state index in [4.69, 9.17) is 33.5 Å². The minimum absolute atomic E-state index is 0.0326. The summed E-state index contributed by atoms with van der Waals surface area (Å²) >= 11 is 5.88. The topological polar surface area (TPSA) is 163 Å². The largest absolute Gasteiger partial charge is 0.387 e. The van der Waals surface area contributed by atoms with Gasteiger partial charge in [-0.05, 0) is 17.7 Å². The van der Waals surface area contributed by atoms with Crippen LogP contribution in [0, 0.1) is 0 Å². The van der Waals surface area contributed by atoms with Crippen LogP contribution in [0.1, 0.15) is 23.4 Å². The zero-order valence-corrected chi connectivity index (χ0v) is 14.5. The van der Waals surface area contributed by atoms with Gasteiger partial charge in [-0.25, -0.2) is 4.98 Å². The molecule has 0 bridgehead atoms. The highest BCUT2D eigenvalue weighted by atomic mass is 35.5. The van der Waals surface area contributed by atoms with E-state index in [9.17, 15) is 15.0 Å². The van der Waals surface area contributed by atoms with Gasteiger partial charge in [0.1, 0.15) is 30.0 Å². The number of rotatable bonds is 5. The second kappa shape index (κ2) is 7.22. The molecule has 140 valence electrons. The van der Waals surface area contributed by atoms with E-state index in [1.54, 1.807) is 24.3 Å². The fraction of sp³-hybridized carbons (Fsp3) is 0.375. The number of aliphatic hydroxyl groups is 2. The average Bonchev–Trinajstić information content (AvgIpc) is 3.11. The first kappa shape index (κ1) is 18.6. The number of nitrogens with zero attached hydrogens (tertiary/aromatic N) is 2. The Labute approximate surface area is 154 Å². The summed E-state index contributed by atoms with van der Waals surface area (Å²) in [7, 11) is 0. The summed E-state index contributed by atoms with van der Waals surface area (Å²) in [6.07, 6.45) is -2.77.